The van der Waals surface area contributed by atoms with Crippen LogP contribution in [-0.4, -0.2) is 78.8 Å². The van der Waals surface area contributed by atoms with Gasteiger partial charge in [0.1, 0.15) is 6.10 Å². The van der Waals surface area contributed by atoms with Gasteiger partial charge in [-0.15, -0.1) is 0 Å². The molecule has 39 heavy (non-hydrogen) atoms. The smallest absolute Gasteiger partial charge is 0.165 e. The molecule has 4 saturated heterocycles. The average molecular weight is 526 g/mol. The van der Waals surface area contributed by atoms with Crippen LogP contribution in [0.1, 0.15) is 61.6 Å². The van der Waals surface area contributed by atoms with E-state index in [1.165, 1.54) is 89.7 Å². The van der Waals surface area contributed by atoms with E-state index in [0.717, 1.165) is 24.0 Å². The van der Waals surface area contributed by atoms with Gasteiger partial charge in [-0.1, -0.05) is 36.4 Å². The van der Waals surface area contributed by atoms with E-state index >= 15 is 0 Å². The minimum Gasteiger partial charge on any atom is -0.493 e. The van der Waals surface area contributed by atoms with Crippen LogP contribution in [0.4, 0.5) is 0 Å². The summed E-state index contributed by atoms with van der Waals surface area (Å²) in [5.74, 6) is 3.03. The molecular weight excluding hydrogens is 482 g/mol. The topological polar surface area (TPSA) is 28.2 Å². The molecule has 4 bridgehead atoms. The molecule has 2 aromatic rings. The Balaban J connectivity index is 1.09. The number of ether oxygens (including phenoxy) is 2. The van der Waals surface area contributed by atoms with E-state index in [-0.39, 0.29) is 11.5 Å². The Bertz CT molecular complexity index is 1280. The van der Waals surface area contributed by atoms with E-state index in [4.69, 9.17) is 9.47 Å². The second kappa shape index (κ2) is 8.47. The van der Waals surface area contributed by atoms with E-state index in [1.807, 2.05) is 7.11 Å². The van der Waals surface area contributed by atoms with Crippen molar-refractivity contribution in [2.75, 3.05) is 39.8 Å². The van der Waals surface area contributed by atoms with Crippen molar-refractivity contribution in [2.24, 2.45) is 11.3 Å². The van der Waals surface area contributed by atoms with Crippen LogP contribution >= 0.6 is 0 Å². The molecule has 8 aliphatic rings. The molecule has 6 fully saturated rings. The number of likely N-dealkylation sites (tertiary alicyclic amines) is 2. The molecule has 0 aromatic heterocycles. The summed E-state index contributed by atoms with van der Waals surface area (Å²) in [5, 5.41) is 0. The highest BCUT2D eigenvalue weighted by molar-refractivity contribution is 5.62. The number of benzene rings is 2. The fourth-order valence-electron chi connectivity index (χ4n) is 10.7. The number of piperidine rings is 1. The van der Waals surface area contributed by atoms with Gasteiger partial charge >= 0.3 is 0 Å². The molecular formula is C34H43N3O2. The molecule has 5 heterocycles. The summed E-state index contributed by atoms with van der Waals surface area (Å²) in [4.78, 5) is 8.64. The minimum absolute atomic E-state index is 0.162. The van der Waals surface area contributed by atoms with Crippen molar-refractivity contribution >= 4 is 0 Å². The first-order valence-electron chi connectivity index (χ1n) is 15.8. The van der Waals surface area contributed by atoms with Crippen molar-refractivity contribution in [3.8, 4) is 11.5 Å². The maximum Gasteiger partial charge on any atom is 0.165 e. The van der Waals surface area contributed by atoms with Gasteiger partial charge in [-0.3, -0.25) is 14.7 Å². The lowest BCUT2D eigenvalue weighted by atomic mass is 9.42. The van der Waals surface area contributed by atoms with E-state index in [9.17, 15) is 0 Å². The fraction of sp³-hybridized carbons (Fsp3) is 0.647. The van der Waals surface area contributed by atoms with Gasteiger partial charge in [0.15, 0.2) is 11.5 Å². The molecule has 2 aromatic carbocycles. The van der Waals surface area contributed by atoms with Gasteiger partial charge in [0.05, 0.1) is 7.11 Å². The third kappa shape index (κ3) is 3.18. The number of fused-ring (bicyclic) bond motifs is 3. The molecule has 1 unspecified atom stereocenters. The predicted octanol–water partition coefficient (Wildman–Crippen LogP) is 4.86. The Morgan fingerprint density at radius 1 is 0.949 bits per heavy atom. The fourth-order valence-corrected chi connectivity index (χ4v) is 10.7. The van der Waals surface area contributed by atoms with Gasteiger partial charge in [-0.2, -0.15) is 0 Å². The molecule has 5 nitrogen and oxygen atoms in total. The van der Waals surface area contributed by atoms with Crippen LogP contribution in [-0.2, 0) is 18.4 Å². The first kappa shape index (κ1) is 23.6. The maximum atomic E-state index is 7.25. The van der Waals surface area contributed by atoms with Crippen molar-refractivity contribution in [1.29, 1.82) is 0 Å². The monoisotopic (exact) mass is 525 g/mol. The summed E-state index contributed by atoms with van der Waals surface area (Å²) < 4.78 is 13.2. The molecule has 5 aliphatic heterocycles. The van der Waals surface area contributed by atoms with Gasteiger partial charge in [0.25, 0.3) is 0 Å². The highest BCUT2D eigenvalue weighted by Gasteiger charge is 2.74. The lowest BCUT2D eigenvalue weighted by molar-refractivity contribution is -0.131. The molecule has 10 rings (SSSR count). The van der Waals surface area contributed by atoms with Gasteiger partial charge in [-0.25, -0.2) is 0 Å². The van der Waals surface area contributed by atoms with Crippen LogP contribution in [0.15, 0.2) is 42.5 Å². The summed E-state index contributed by atoms with van der Waals surface area (Å²) in [7, 11) is 1.83. The van der Waals surface area contributed by atoms with Crippen LogP contribution in [0.5, 0.6) is 11.5 Å². The van der Waals surface area contributed by atoms with E-state index in [1.54, 1.807) is 11.1 Å². The number of methoxy groups -OCH3 is 1. The minimum atomic E-state index is 0.162. The number of rotatable bonds is 6. The molecule has 2 saturated carbocycles. The first-order chi connectivity index (χ1) is 19.2. The molecule has 5 heteroatoms. The van der Waals surface area contributed by atoms with Crippen molar-refractivity contribution in [1.82, 2.24) is 14.7 Å². The summed E-state index contributed by atoms with van der Waals surface area (Å²) in [6, 6.07) is 17.5. The zero-order chi connectivity index (χ0) is 25.8. The Labute approximate surface area is 233 Å². The zero-order valence-corrected chi connectivity index (χ0v) is 23.5. The first-order valence-corrected chi connectivity index (χ1v) is 15.8. The van der Waals surface area contributed by atoms with E-state index in [0.29, 0.717) is 23.5 Å². The van der Waals surface area contributed by atoms with Gasteiger partial charge in [-0.05, 0) is 87.6 Å². The molecule has 206 valence electrons. The Hall–Kier alpha value is -2.08. The summed E-state index contributed by atoms with van der Waals surface area (Å²) in [6.07, 6.45) is 10.9. The van der Waals surface area contributed by atoms with Crippen molar-refractivity contribution in [3.05, 3.63) is 59.2 Å². The molecule has 2 spiro atoms. The normalized spacial score (nSPS) is 38.9. The zero-order valence-electron chi connectivity index (χ0n) is 23.5. The average Bonchev–Trinajstić information content (AvgIpc) is 3.63. The molecule has 0 radical (unpaired) electrons. The van der Waals surface area contributed by atoms with E-state index < -0.39 is 0 Å². The summed E-state index contributed by atoms with van der Waals surface area (Å²) in [5.41, 5.74) is 5.09. The lowest BCUT2D eigenvalue weighted by Gasteiger charge is -2.66. The van der Waals surface area contributed by atoms with Crippen molar-refractivity contribution < 1.29 is 9.47 Å². The van der Waals surface area contributed by atoms with Crippen LogP contribution in [0.2, 0.25) is 0 Å². The second-order valence-corrected chi connectivity index (χ2v) is 14.0. The van der Waals surface area contributed by atoms with Crippen LogP contribution in [0, 0.1) is 11.3 Å². The van der Waals surface area contributed by atoms with Crippen LogP contribution < -0.4 is 9.47 Å². The van der Waals surface area contributed by atoms with Crippen LogP contribution in [0.3, 0.4) is 0 Å². The highest BCUT2D eigenvalue weighted by Crippen LogP contribution is 2.72. The number of nitrogens with zero attached hydrogens (tertiary/aromatic N) is 3. The molecule has 0 amide bonds. The molecule has 6 atom stereocenters. The predicted molar refractivity (Wildman–Crippen MR) is 152 cm³/mol. The summed E-state index contributed by atoms with van der Waals surface area (Å²) in [6.45, 7) is 7.31. The maximum absolute atomic E-state index is 7.25. The van der Waals surface area contributed by atoms with Crippen molar-refractivity contribution in [2.45, 2.75) is 87.6 Å². The highest BCUT2D eigenvalue weighted by atomic mass is 16.5. The lowest BCUT2D eigenvalue weighted by Crippen LogP contribution is -2.73. The van der Waals surface area contributed by atoms with Gasteiger partial charge < -0.3 is 9.47 Å². The molecule has 3 aliphatic carbocycles. The number of hydrogen-bond donors (Lipinski definition) is 0. The SMILES string of the molecule is COc1ccc2c3c1O[C@H]1[C@H]4CC[C@@]5(CCN4C4CCN(Cc6ccccc6)C4)[C@H](C2)N(CC2CC2)CC[C@]315. The summed E-state index contributed by atoms with van der Waals surface area (Å²) >= 11 is 0. The molecule has 0 N–H and O–H groups in total. The third-order valence-electron chi connectivity index (χ3n) is 12.4. The Kier molecular flexibility index (Phi) is 5.13. The Morgan fingerprint density at radius 2 is 1.85 bits per heavy atom. The van der Waals surface area contributed by atoms with Crippen molar-refractivity contribution in [3.63, 3.8) is 0 Å². The third-order valence-corrected chi connectivity index (χ3v) is 12.4. The second-order valence-electron chi connectivity index (χ2n) is 14.0. The standard InChI is InChI=1S/C34H43N3O2/c1-38-28-10-9-25-19-29-33-13-11-27(32-34(33,30(25)31(28)39-32)15-17-36(29)21-24-7-8-24)37(18-14-33)26-12-16-35(22-26)20-23-5-3-2-4-6-23/h2-6,9-10,24,26-27,29,32H,7-8,11-22H2,1H3/t26?,27-,29+,32+,33-,34+/m1/s1. The van der Waals surface area contributed by atoms with E-state index in [2.05, 4.69) is 57.2 Å². The quantitative estimate of drug-likeness (QED) is 0.537. The van der Waals surface area contributed by atoms with Crippen LogP contribution in [0.25, 0.3) is 0 Å². The Morgan fingerprint density at radius 3 is 2.69 bits per heavy atom. The number of hydrogen-bond acceptors (Lipinski definition) is 5. The van der Waals surface area contributed by atoms with Gasteiger partial charge in [0, 0.05) is 60.7 Å². The van der Waals surface area contributed by atoms with Gasteiger partial charge in [0.2, 0.25) is 0 Å². The largest absolute Gasteiger partial charge is 0.493 e.